The molecule has 0 atom stereocenters. The van der Waals surface area contributed by atoms with Crippen molar-refractivity contribution in [1.82, 2.24) is 9.97 Å². The number of pyridine rings is 1. The zero-order chi connectivity index (χ0) is 8.39. The molecule has 0 N–H and O–H groups in total. The molecule has 0 fully saturated rings. The number of nitrogens with zero attached hydrogens (tertiary/aromatic N) is 2. The van der Waals surface area contributed by atoms with Gasteiger partial charge < -0.3 is 0 Å². The smallest absolute Gasteiger partial charge is 0.137 e. The second-order valence-corrected chi connectivity index (χ2v) is 3.45. The van der Waals surface area contributed by atoms with Crippen molar-refractivity contribution in [2.24, 2.45) is 0 Å². The van der Waals surface area contributed by atoms with Gasteiger partial charge in [-0.05, 0) is 12.1 Å². The highest BCUT2D eigenvalue weighted by Gasteiger charge is 2.03. The fourth-order valence-electron chi connectivity index (χ4n) is 0.919. The third-order valence-electron chi connectivity index (χ3n) is 1.46. The lowest BCUT2D eigenvalue weighted by Crippen LogP contribution is -1.77. The van der Waals surface area contributed by atoms with Crippen LogP contribution >= 0.6 is 22.9 Å². The Morgan fingerprint density at radius 1 is 1.42 bits per heavy atom. The largest absolute Gasteiger partial charge is 0.252 e. The van der Waals surface area contributed by atoms with Crippen LogP contribution in [0.5, 0.6) is 0 Å². The first-order chi connectivity index (χ1) is 5.88. The zero-order valence-electron chi connectivity index (χ0n) is 6.07. The molecule has 0 saturated heterocycles. The second-order valence-electron chi connectivity index (χ2n) is 2.21. The summed E-state index contributed by atoms with van der Waals surface area (Å²) in [6.45, 7) is 0. The molecule has 2 nitrogen and oxygen atoms in total. The van der Waals surface area contributed by atoms with E-state index in [1.807, 2.05) is 12.1 Å². The molecule has 0 saturated carbocycles. The van der Waals surface area contributed by atoms with Gasteiger partial charge in [0.05, 0.1) is 10.4 Å². The molecule has 0 aliphatic rings. The van der Waals surface area contributed by atoms with E-state index in [-0.39, 0.29) is 0 Å². The molecule has 12 heavy (non-hydrogen) atoms. The molecule has 0 bridgehead atoms. The molecular weight excluding hydrogens is 192 g/mol. The van der Waals surface area contributed by atoms with Gasteiger partial charge in [0.2, 0.25) is 0 Å². The van der Waals surface area contributed by atoms with Crippen LogP contribution in [0, 0.1) is 0 Å². The first-order valence-corrected chi connectivity index (χ1v) is 4.63. The highest BCUT2D eigenvalue weighted by Crippen LogP contribution is 2.27. The van der Waals surface area contributed by atoms with Crippen molar-refractivity contribution < 1.29 is 0 Å². The highest BCUT2D eigenvalue weighted by atomic mass is 35.5. The Balaban J connectivity index is 2.55. The molecule has 0 aliphatic carbocycles. The van der Waals surface area contributed by atoms with Gasteiger partial charge in [0.1, 0.15) is 5.15 Å². The summed E-state index contributed by atoms with van der Waals surface area (Å²) in [5.41, 5.74) is 2.72. The van der Waals surface area contributed by atoms with Crippen LogP contribution in [0.4, 0.5) is 0 Å². The molecule has 2 rings (SSSR count). The van der Waals surface area contributed by atoms with Crippen molar-refractivity contribution in [3.8, 4) is 10.4 Å². The summed E-state index contributed by atoms with van der Waals surface area (Å²) in [5, 5.41) is 0.529. The predicted molar refractivity (Wildman–Crippen MR) is 50.4 cm³/mol. The van der Waals surface area contributed by atoms with Gasteiger partial charge in [-0.3, -0.25) is 4.98 Å². The quantitative estimate of drug-likeness (QED) is 0.656. The minimum absolute atomic E-state index is 0.529. The third kappa shape index (κ3) is 1.33. The molecule has 0 unspecified atom stereocenters. The summed E-state index contributed by atoms with van der Waals surface area (Å²) in [6.07, 6.45) is 3.46. The SMILES string of the molecule is Clc1ncccc1-c1cncs1. The van der Waals surface area contributed by atoms with Crippen LogP contribution in [0.2, 0.25) is 5.15 Å². The Morgan fingerprint density at radius 3 is 3.00 bits per heavy atom. The van der Waals surface area contributed by atoms with E-state index in [2.05, 4.69) is 9.97 Å². The number of hydrogen-bond donors (Lipinski definition) is 0. The standard InChI is InChI=1S/C8H5ClN2S/c9-8-6(2-1-3-11-8)7-4-10-5-12-7/h1-5H. The van der Waals surface area contributed by atoms with E-state index in [1.54, 1.807) is 29.2 Å². The molecule has 2 aromatic heterocycles. The lowest BCUT2D eigenvalue weighted by molar-refractivity contribution is 1.33. The normalized spacial score (nSPS) is 10.1. The molecule has 0 aromatic carbocycles. The van der Waals surface area contributed by atoms with E-state index in [0.717, 1.165) is 10.4 Å². The molecule has 0 spiro atoms. The van der Waals surface area contributed by atoms with Crippen molar-refractivity contribution in [2.45, 2.75) is 0 Å². The van der Waals surface area contributed by atoms with Gasteiger partial charge in [0.15, 0.2) is 0 Å². The molecule has 0 aliphatic heterocycles. The summed E-state index contributed by atoms with van der Waals surface area (Å²) in [5.74, 6) is 0. The highest BCUT2D eigenvalue weighted by molar-refractivity contribution is 7.13. The Hall–Kier alpha value is -0.930. The molecule has 2 aromatic rings. The first-order valence-electron chi connectivity index (χ1n) is 3.37. The Morgan fingerprint density at radius 2 is 2.33 bits per heavy atom. The number of hydrogen-bond acceptors (Lipinski definition) is 3. The van der Waals surface area contributed by atoms with Gasteiger partial charge in [-0.1, -0.05) is 11.6 Å². The summed E-state index contributed by atoms with van der Waals surface area (Å²) in [6, 6.07) is 3.80. The lowest BCUT2D eigenvalue weighted by Gasteiger charge is -1.96. The van der Waals surface area contributed by atoms with E-state index in [1.165, 1.54) is 0 Å². The summed E-state index contributed by atoms with van der Waals surface area (Å²) in [7, 11) is 0. The van der Waals surface area contributed by atoms with Crippen LogP contribution in [0.1, 0.15) is 0 Å². The maximum atomic E-state index is 5.88. The summed E-state index contributed by atoms with van der Waals surface area (Å²) < 4.78 is 0. The van der Waals surface area contributed by atoms with Crippen LogP contribution in [0.25, 0.3) is 10.4 Å². The van der Waals surface area contributed by atoms with Crippen LogP contribution in [-0.4, -0.2) is 9.97 Å². The van der Waals surface area contributed by atoms with Gasteiger partial charge in [0.25, 0.3) is 0 Å². The van der Waals surface area contributed by atoms with Crippen molar-refractivity contribution in [3.63, 3.8) is 0 Å². The van der Waals surface area contributed by atoms with Crippen molar-refractivity contribution in [1.29, 1.82) is 0 Å². The zero-order valence-corrected chi connectivity index (χ0v) is 7.64. The van der Waals surface area contributed by atoms with Gasteiger partial charge in [-0.25, -0.2) is 4.98 Å². The van der Waals surface area contributed by atoms with Gasteiger partial charge >= 0.3 is 0 Å². The van der Waals surface area contributed by atoms with Gasteiger partial charge in [-0.2, -0.15) is 0 Å². The van der Waals surface area contributed by atoms with Crippen LogP contribution in [0.15, 0.2) is 30.0 Å². The van der Waals surface area contributed by atoms with Gasteiger partial charge in [-0.15, -0.1) is 11.3 Å². The molecule has 0 amide bonds. The fraction of sp³-hybridized carbons (Fsp3) is 0. The maximum absolute atomic E-state index is 5.88. The average molecular weight is 197 g/mol. The van der Waals surface area contributed by atoms with Gasteiger partial charge in [0, 0.05) is 18.0 Å². The Kier molecular flexibility index (Phi) is 2.06. The summed E-state index contributed by atoms with van der Waals surface area (Å²) >= 11 is 7.44. The van der Waals surface area contributed by atoms with Crippen molar-refractivity contribution >= 4 is 22.9 Å². The predicted octanol–water partition coefficient (Wildman–Crippen LogP) is 2.86. The van der Waals surface area contributed by atoms with E-state index in [9.17, 15) is 0 Å². The van der Waals surface area contributed by atoms with Crippen molar-refractivity contribution in [2.75, 3.05) is 0 Å². The monoisotopic (exact) mass is 196 g/mol. The topological polar surface area (TPSA) is 25.8 Å². The Labute approximate surface area is 78.9 Å². The van der Waals surface area contributed by atoms with E-state index >= 15 is 0 Å². The molecule has 4 heteroatoms. The maximum Gasteiger partial charge on any atom is 0.137 e. The number of aromatic nitrogens is 2. The number of rotatable bonds is 1. The third-order valence-corrected chi connectivity index (χ3v) is 2.56. The fourth-order valence-corrected chi connectivity index (χ4v) is 1.84. The second kappa shape index (κ2) is 3.21. The number of halogens is 1. The molecule has 2 heterocycles. The minimum Gasteiger partial charge on any atom is -0.252 e. The Bertz CT molecular complexity index is 372. The van der Waals surface area contributed by atoms with Crippen LogP contribution in [0.3, 0.4) is 0 Å². The molecular formula is C8H5ClN2S. The van der Waals surface area contributed by atoms with E-state index < -0.39 is 0 Å². The summed E-state index contributed by atoms with van der Waals surface area (Å²) in [4.78, 5) is 9.00. The molecule has 0 radical (unpaired) electrons. The van der Waals surface area contributed by atoms with E-state index in [0.29, 0.717) is 5.15 Å². The minimum atomic E-state index is 0.529. The van der Waals surface area contributed by atoms with Crippen LogP contribution in [-0.2, 0) is 0 Å². The lowest BCUT2D eigenvalue weighted by atomic mass is 10.2. The average Bonchev–Trinajstić information content (AvgIpc) is 2.57. The molecule has 60 valence electrons. The van der Waals surface area contributed by atoms with Crippen molar-refractivity contribution in [3.05, 3.63) is 35.2 Å². The first kappa shape index (κ1) is 7.71. The number of thiazole rings is 1. The van der Waals surface area contributed by atoms with E-state index in [4.69, 9.17) is 11.6 Å². The van der Waals surface area contributed by atoms with Crippen LogP contribution < -0.4 is 0 Å².